The second-order valence-electron chi connectivity index (χ2n) is 8.38. The van der Waals surface area contributed by atoms with Crippen molar-refractivity contribution in [2.75, 3.05) is 13.6 Å². The fraction of sp³-hybridized carbons (Fsp3) is 0.280. The number of hydrogen-bond acceptors (Lipinski definition) is 6. The van der Waals surface area contributed by atoms with Crippen molar-refractivity contribution in [1.29, 1.82) is 0 Å². The number of fused-ring (bicyclic) bond motifs is 1. The van der Waals surface area contributed by atoms with Gasteiger partial charge in [-0.15, -0.1) is 0 Å². The van der Waals surface area contributed by atoms with Crippen LogP contribution in [-0.2, 0) is 20.1 Å². The van der Waals surface area contributed by atoms with Gasteiger partial charge in [-0.05, 0) is 49.9 Å². The number of aliphatic hydroxyl groups is 1. The molecule has 0 aliphatic heterocycles. The summed E-state index contributed by atoms with van der Waals surface area (Å²) in [7, 11) is 3.55. The van der Waals surface area contributed by atoms with Crippen molar-refractivity contribution < 1.29 is 18.7 Å². The van der Waals surface area contributed by atoms with E-state index in [1.807, 2.05) is 31.0 Å². The van der Waals surface area contributed by atoms with Crippen molar-refractivity contribution in [2.45, 2.75) is 26.1 Å². The van der Waals surface area contributed by atoms with Gasteiger partial charge in [0.25, 0.3) is 5.91 Å². The molecule has 0 fully saturated rings. The molecule has 1 unspecified atom stereocenters. The Hall–Kier alpha value is -3.33. The van der Waals surface area contributed by atoms with Crippen molar-refractivity contribution in [2.24, 2.45) is 7.05 Å². The lowest BCUT2D eigenvalue weighted by Crippen LogP contribution is -2.29. The van der Waals surface area contributed by atoms with Gasteiger partial charge in [0.2, 0.25) is 11.1 Å². The molecule has 0 aliphatic rings. The maximum Gasteiger partial charge on any atom is 0.257 e. The molecule has 3 heterocycles. The van der Waals surface area contributed by atoms with Crippen molar-refractivity contribution in [1.82, 2.24) is 14.8 Å². The predicted molar refractivity (Wildman–Crippen MR) is 129 cm³/mol. The number of aryl methyl sites for hydroxylation is 2. The summed E-state index contributed by atoms with van der Waals surface area (Å²) in [5, 5.41) is 14.1. The van der Waals surface area contributed by atoms with E-state index in [1.165, 1.54) is 6.20 Å². The average molecular weight is 484 g/mol. The molecule has 8 nitrogen and oxygen atoms in total. The molecule has 178 valence electrons. The second kappa shape index (κ2) is 9.89. The average Bonchev–Trinajstić information content (AvgIpc) is 3.42. The number of amides is 1. The number of rotatable bonds is 8. The molecular formula is C25H26ClN3O5. The van der Waals surface area contributed by atoms with Gasteiger partial charge < -0.3 is 23.8 Å². The first-order chi connectivity index (χ1) is 16.2. The van der Waals surface area contributed by atoms with Gasteiger partial charge >= 0.3 is 0 Å². The van der Waals surface area contributed by atoms with E-state index >= 15 is 0 Å². The highest BCUT2D eigenvalue weighted by atomic mass is 35.5. The first-order valence-electron chi connectivity index (χ1n) is 10.8. The Morgan fingerprint density at radius 3 is 2.62 bits per heavy atom. The fourth-order valence-electron chi connectivity index (χ4n) is 3.78. The zero-order valence-corrected chi connectivity index (χ0v) is 19.9. The van der Waals surface area contributed by atoms with Gasteiger partial charge in [0.1, 0.15) is 28.9 Å². The number of furan rings is 2. The van der Waals surface area contributed by atoms with Gasteiger partial charge in [0.15, 0.2) is 0 Å². The first kappa shape index (κ1) is 23.8. The molecule has 3 aromatic heterocycles. The number of nitrogens with one attached hydrogen (secondary N) is 1. The van der Waals surface area contributed by atoms with Crippen LogP contribution < -0.4 is 10.7 Å². The Morgan fingerprint density at radius 1 is 1.21 bits per heavy atom. The van der Waals surface area contributed by atoms with E-state index in [0.29, 0.717) is 40.7 Å². The Labute approximate surface area is 201 Å². The number of halogens is 1. The molecule has 34 heavy (non-hydrogen) atoms. The summed E-state index contributed by atoms with van der Waals surface area (Å²) in [6.45, 7) is 2.78. The Balaban J connectivity index is 1.48. The molecule has 2 N–H and O–H groups in total. The molecule has 9 heteroatoms. The molecule has 0 radical (unpaired) electrons. The van der Waals surface area contributed by atoms with E-state index < -0.39 is 17.4 Å². The molecule has 0 saturated carbocycles. The van der Waals surface area contributed by atoms with Crippen molar-refractivity contribution in [3.63, 3.8) is 0 Å². The van der Waals surface area contributed by atoms with E-state index in [9.17, 15) is 14.7 Å². The van der Waals surface area contributed by atoms with Crippen molar-refractivity contribution in [3.8, 4) is 0 Å². The summed E-state index contributed by atoms with van der Waals surface area (Å²) in [6.07, 6.45) is 0.687. The monoisotopic (exact) mass is 483 g/mol. The highest BCUT2D eigenvalue weighted by Crippen LogP contribution is 2.21. The summed E-state index contributed by atoms with van der Waals surface area (Å²) in [5.41, 5.74) is 0.889. The number of carbonyl (C=O) groups excluding carboxylic acids is 1. The van der Waals surface area contributed by atoms with Crippen LogP contribution in [0.1, 0.15) is 39.3 Å². The number of carbonyl (C=O) groups is 1. The zero-order chi connectivity index (χ0) is 24.4. The van der Waals surface area contributed by atoms with Crippen LogP contribution in [0.2, 0.25) is 5.02 Å². The van der Waals surface area contributed by atoms with E-state index in [2.05, 4.69) is 5.32 Å². The van der Waals surface area contributed by atoms with E-state index in [0.717, 1.165) is 11.3 Å². The summed E-state index contributed by atoms with van der Waals surface area (Å²) in [6, 6.07) is 12.3. The number of benzene rings is 1. The number of aromatic nitrogens is 1. The largest absolute Gasteiger partial charge is 0.464 e. The van der Waals surface area contributed by atoms with Crippen LogP contribution in [0.3, 0.4) is 0 Å². The van der Waals surface area contributed by atoms with Crippen LogP contribution in [-0.4, -0.2) is 34.1 Å². The molecule has 4 rings (SSSR count). The maximum absolute atomic E-state index is 13.0. The highest BCUT2D eigenvalue weighted by molar-refractivity contribution is 6.30. The predicted octanol–water partition coefficient (Wildman–Crippen LogP) is 3.78. The van der Waals surface area contributed by atoms with Crippen molar-refractivity contribution >= 4 is 28.6 Å². The lowest BCUT2D eigenvalue weighted by atomic mass is 10.2. The third-order valence-corrected chi connectivity index (χ3v) is 5.76. The topological polar surface area (TPSA) is 101 Å². The summed E-state index contributed by atoms with van der Waals surface area (Å²) in [5.74, 6) is 1.31. The number of pyridine rings is 1. The smallest absolute Gasteiger partial charge is 0.257 e. The van der Waals surface area contributed by atoms with Crippen LogP contribution >= 0.6 is 11.6 Å². The summed E-state index contributed by atoms with van der Waals surface area (Å²) >= 11 is 5.89. The van der Waals surface area contributed by atoms with Gasteiger partial charge in [0, 0.05) is 31.4 Å². The lowest BCUT2D eigenvalue weighted by molar-refractivity contribution is 0.0949. The Kier molecular flexibility index (Phi) is 6.92. The molecule has 0 saturated heterocycles. The molecule has 0 bridgehead atoms. The molecule has 0 aliphatic carbocycles. The molecule has 1 amide bonds. The highest BCUT2D eigenvalue weighted by Gasteiger charge is 2.20. The van der Waals surface area contributed by atoms with Crippen molar-refractivity contribution in [3.05, 3.63) is 92.3 Å². The molecule has 0 spiro atoms. The quantitative estimate of drug-likeness (QED) is 0.395. The van der Waals surface area contributed by atoms with Crippen LogP contribution in [0.5, 0.6) is 0 Å². The molecule has 1 atom stereocenters. The minimum absolute atomic E-state index is 0.0354. The second-order valence-corrected chi connectivity index (χ2v) is 8.82. The van der Waals surface area contributed by atoms with Crippen LogP contribution in [0.25, 0.3) is 11.1 Å². The van der Waals surface area contributed by atoms with Gasteiger partial charge in [-0.25, -0.2) is 0 Å². The van der Waals surface area contributed by atoms with E-state index in [-0.39, 0.29) is 12.1 Å². The first-order valence-corrected chi connectivity index (χ1v) is 11.2. The normalized spacial score (nSPS) is 12.4. The van der Waals surface area contributed by atoms with Gasteiger partial charge in [-0.2, -0.15) is 0 Å². The molecular weight excluding hydrogens is 458 g/mol. The number of likely N-dealkylation sites (N-methyl/N-ethyl adjacent to an activating group) is 1. The minimum atomic E-state index is -0.787. The third kappa shape index (κ3) is 5.25. The van der Waals surface area contributed by atoms with E-state index in [1.54, 1.807) is 41.9 Å². The lowest BCUT2D eigenvalue weighted by Gasteiger charge is -2.18. The fourth-order valence-corrected chi connectivity index (χ4v) is 3.91. The third-order valence-electron chi connectivity index (χ3n) is 5.51. The summed E-state index contributed by atoms with van der Waals surface area (Å²) in [4.78, 5) is 27.6. The molecule has 4 aromatic rings. The SMILES string of the molecule is Cc1ccc(C(O)CN(C)Cc2cc3c(=O)c(C(=O)NCc4ccc(Cl)cc4)cn(C)c3o2)o1. The Morgan fingerprint density at radius 2 is 1.94 bits per heavy atom. The number of hydrogen-bond donors (Lipinski definition) is 2. The van der Waals surface area contributed by atoms with Gasteiger partial charge in [-0.1, -0.05) is 23.7 Å². The summed E-state index contributed by atoms with van der Waals surface area (Å²) < 4.78 is 13.0. The Bertz CT molecular complexity index is 1370. The minimum Gasteiger partial charge on any atom is -0.464 e. The zero-order valence-electron chi connectivity index (χ0n) is 19.2. The van der Waals surface area contributed by atoms with E-state index in [4.69, 9.17) is 20.4 Å². The number of nitrogens with zero attached hydrogens (tertiary/aromatic N) is 2. The van der Waals surface area contributed by atoms with Crippen LogP contribution in [0, 0.1) is 6.92 Å². The number of aliphatic hydroxyl groups excluding tert-OH is 1. The van der Waals surface area contributed by atoms with Crippen LogP contribution in [0.15, 0.2) is 62.3 Å². The van der Waals surface area contributed by atoms with Gasteiger partial charge in [0.05, 0.1) is 11.9 Å². The van der Waals surface area contributed by atoms with Crippen LogP contribution in [0.4, 0.5) is 0 Å². The standard InChI is InChI=1S/C25H26ClN3O5/c1-15-4-9-22(33-15)21(30)14-28(2)12-18-10-19-23(31)20(13-29(3)25(19)34-18)24(32)27-11-16-5-7-17(26)8-6-16/h4-10,13,21,30H,11-12,14H2,1-3H3,(H,27,32). The molecule has 1 aromatic carbocycles. The maximum atomic E-state index is 13.0. The van der Waals surface area contributed by atoms with Gasteiger partial charge in [-0.3, -0.25) is 14.5 Å².